The topological polar surface area (TPSA) is 153 Å². The van der Waals surface area contributed by atoms with Crippen molar-refractivity contribution in [2.75, 3.05) is 18.8 Å². The molecule has 3 saturated carbocycles. The molecule has 0 spiro atoms. The summed E-state index contributed by atoms with van der Waals surface area (Å²) < 4.78 is 54.6. The number of hydrogen-bond acceptors (Lipinski definition) is 13. The smallest absolute Gasteiger partial charge is 0.334 e. The van der Waals surface area contributed by atoms with Gasteiger partial charge in [-0.2, -0.15) is 0 Å². The summed E-state index contributed by atoms with van der Waals surface area (Å²) in [7, 11) is -5.89. The Bertz CT molecular complexity index is 1790. The first-order chi connectivity index (χ1) is 28.4. The third-order valence-corrected chi connectivity index (χ3v) is 28.4. The fourth-order valence-electron chi connectivity index (χ4n) is 12.7. The van der Waals surface area contributed by atoms with E-state index in [1.54, 1.807) is 0 Å². The van der Waals surface area contributed by atoms with Gasteiger partial charge < -0.3 is 47.7 Å². The van der Waals surface area contributed by atoms with Crippen molar-refractivity contribution in [2.24, 2.45) is 27.7 Å². The number of aliphatic hydroxyl groups is 1. The fourth-order valence-corrected chi connectivity index (χ4v) is 19.9. The maximum Gasteiger partial charge on any atom is 0.334 e. The van der Waals surface area contributed by atoms with Crippen LogP contribution >= 0.6 is 46.6 Å². The number of carbonyl (C=O) groups excluding carboxylic acids is 2. The van der Waals surface area contributed by atoms with Crippen LogP contribution in [0.2, 0.25) is 34.8 Å². The number of esters is 1. The van der Waals surface area contributed by atoms with Crippen LogP contribution in [0.4, 0.5) is 0 Å². The number of aliphatic hydroxyl groups excluding tert-OH is 1. The van der Waals surface area contributed by atoms with E-state index in [0.29, 0.717) is 0 Å². The molecule has 0 aromatic carbocycles. The van der Waals surface area contributed by atoms with E-state index in [1.165, 1.54) is 11.8 Å². The molecular formula is C43H71Cl3N2O11SSi2. The van der Waals surface area contributed by atoms with Crippen molar-refractivity contribution in [1.82, 2.24) is 5.32 Å². The summed E-state index contributed by atoms with van der Waals surface area (Å²) in [5.41, 5.74) is -3.20. The van der Waals surface area contributed by atoms with E-state index in [0.717, 1.165) is 18.6 Å². The molecule has 19 heteroatoms. The zero-order chi connectivity index (χ0) is 46.3. The van der Waals surface area contributed by atoms with Crippen molar-refractivity contribution in [1.29, 1.82) is 0 Å². The van der Waals surface area contributed by atoms with Gasteiger partial charge in [-0.15, -0.1) is 11.8 Å². The molecule has 8 bridgehead atoms. The highest BCUT2D eigenvalue weighted by Crippen LogP contribution is 2.69. The number of nitrogens with zero attached hydrogens (tertiary/aromatic N) is 1. The van der Waals surface area contributed by atoms with Gasteiger partial charge in [-0.05, 0) is 66.2 Å². The molecule has 354 valence electrons. The summed E-state index contributed by atoms with van der Waals surface area (Å²) in [4.78, 5) is 34.2. The lowest BCUT2D eigenvalue weighted by molar-refractivity contribution is -0.528. The number of aliphatic imine (C=N–C) groups is 1. The number of halogens is 3. The van der Waals surface area contributed by atoms with Crippen molar-refractivity contribution >= 4 is 80.8 Å². The molecule has 7 unspecified atom stereocenters. The monoisotopic (exact) mass is 984 g/mol. The Hall–Kier alpha value is -0.0562. The van der Waals surface area contributed by atoms with E-state index in [4.69, 9.17) is 77.1 Å². The number of alkyl halides is 3. The molecule has 5 heterocycles. The molecule has 4 saturated heterocycles. The highest BCUT2D eigenvalue weighted by molar-refractivity contribution is 7.98. The van der Waals surface area contributed by atoms with Gasteiger partial charge in [0.1, 0.15) is 36.1 Å². The molecule has 8 rings (SSSR count). The molecule has 0 aromatic rings. The Morgan fingerprint density at radius 3 is 2.16 bits per heavy atom. The summed E-state index contributed by atoms with van der Waals surface area (Å²) >= 11 is 20.7. The lowest BCUT2D eigenvalue weighted by atomic mass is 9.55. The molecule has 0 aromatic heterocycles. The van der Waals surface area contributed by atoms with Crippen LogP contribution in [0.5, 0.6) is 0 Å². The molecular weight excluding hydrogens is 915 g/mol. The van der Waals surface area contributed by atoms with E-state index in [1.807, 2.05) is 13.2 Å². The molecule has 8 aliphatic rings. The maximum absolute atomic E-state index is 14.6. The van der Waals surface area contributed by atoms with Gasteiger partial charge in [0.15, 0.2) is 32.4 Å². The van der Waals surface area contributed by atoms with Crippen molar-refractivity contribution in [3.05, 3.63) is 0 Å². The van der Waals surface area contributed by atoms with Crippen LogP contribution < -0.4 is 5.32 Å². The van der Waals surface area contributed by atoms with Crippen molar-refractivity contribution in [2.45, 2.75) is 207 Å². The first kappa shape index (κ1) is 49.8. The highest BCUT2D eigenvalue weighted by atomic mass is 35.6. The van der Waals surface area contributed by atoms with Crippen LogP contribution in [0.15, 0.2) is 4.99 Å². The summed E-state index contributed by atoms with van der Waals surface area (Å²) in [5, 5.41) is 16.3. The average molecular weight is 987 g/mol. The van der Waals surface area contributed by atoms with E-state index in [-0.39, 0.29) is 51.0 Å². The van der Waals surface area contributed by atoms with Gasteiger partial charge >= 0.3 is 11.9 Å². The van der Waals surface area contributed by atoms with Crippen LogP contribution in [0.3, 0.4) is 0 Å². The number of fused-ring (bicyclic) bond motifs is 5. The zero-order valence-corrected chi connectivity index (χ0v) is 44.4. The Balaban J connectivity index is 1.53. The second kappa shape index (κ2) is 16.0. The first-order valence-electron chi connectivity index (χ1n) is 22.4. The largest absolute Gasteiger partial charge is 0.454 e. The van der Waals surface area contributed by atoms with Gasteiger partial charge in [0.05, 0.1) is 17.6 Å². The SMILES string of the molecule is CCOC1O[C@@H]2C3(O[Si](C(C)C)(C(C)C)C(C)C)OC4C(O[Si](C)(C)C(C)(C)C)[C@]2(NC(=O)C(Cl)(Cl)Cl)C1C(O3)[C@@]4(OCSC)[C@H](O)[C@@H]1N=C2C(OC1=O)[C@H]1CC[C@]2(C)C1(C)C. The third-order valence-electron chi connectivity index (χ3n) is 17.0. The minimum Gasteiger partial charge on any atom is -0.454 e. The number of hydrogen-bond donors (Lipinski definition) is 2. The van der Waals surface area contributed by atoms with Gasteiger partial charge in [-0.1, -0.05) is 118 Å². The van der Waals surface area contributed by atoms with Gasteiger partial charge in [-0.3, -0.25) is 9.79 Å². The molecule has 7 fully saturated rings. The normalized spacial score (nSPS) is 41.3. The maximum atomic E-state index is 14.6. The Labute approximate surface area is 390 Å². The lowest BCUT2D eigenvalue weighted by Gasteiger charge is -2.73. The standard InChI is InChI=1S/C43H71Cl3N2O11SSi2/c1-17-52-34-25-30-41(53-20-60-14,29(49)26-33(50)54-27-24-18-19-39(13,28(27)47-26)38(24,11)12)32-31(58-61(15,16)37(8,9)10)40(25,48-36(51)42(44,45)46)35(55-34)43(56-30,57-32)59-62(21(2)3,22(4)5)23(6)7/h21-27,29-32,34-35,49H,17-20H2,1-16H3,(H,48,51)/t24-,25?,26+,27?,29-,30?,31?,32?,34?,35+,39+,40-,41+,43?/m1/s1. The number of rotatable bonds is 15. The van der Waals surface area contributed by atoms with Crippen LogP contribution in [-0.2, 0) is 46.9 Å². The highest BCUT2D eigenvalue weighted by Gasteiger charge is 2.90. The third kappa shape index (κ3) is 6.73. The molecule has 62 heavy (non-hydrogen) atoms. The molecule has 3 aliphatic carbocycles. The van der Waals surface area contributed by atoms with E-state index >= 15 is 0 Å². The number of ether oxygens (including phenoxy) is 6. The second-order valence-corrected chi connectivity index (χ2v) is 35.2. The number of nitrogens with one attached hydrogen (secondary N) is 1. The molecule has 1 amide bonds. The zero-order valence-electron chi connectivity index (χ0n) is 39.4. The lowest BCUT2D eigenvalue weighted by Crippen LogP contribution is -2.95. The second-order valence-electron chi connectivity index (χ2n) is 22.0. The summed E-state index contributed by atoms with van der Waals surface area (Å²) in [6, 6.07) is -1.43. The van der Waals surface area contributed by atoms with E-state index in [2.05, 4.69) is 101 Å². The Kier molecular flexibility index (Phi) is 12.9. The average Bonchev–Trinajstić information content (AvgIpc) is 3.61. The van der Waals surface area contributed by atoms with Crippen molar-refractivity contribution in [3.63, 3.8) is 0 Å². The summed E-state index contributed by atoms with van der Waals surface area (Å²) in [5.74, 6) is -4.48. The Morgan fingerprint density at radius 2 is 1.63 bits per heavy atom. The van der Waals surface area contributed by atoms with E-state index < -0.39 is 104 Å². The van der Waals surface area contributed by atoms with Crippen molar-refractivity contribution in [3.8, 4) is 0 Å². The molecule has 14 atom stereocenters. The first-order valence-corrected chi connectivity index (χ1v) is 30.0. The summed E-state index contributed by atoms with van der Waals surface area (Å²) in [6.07, 6.45) is -4.61. The predicted octanol–water partition coefficient (Wildman–Crippen LogP) is 8.26. The Morgan fingerprint density at radius 1 is 1.03 bits per heavy atom. The number of thioether (sulfide) groups is 1. The minimum absolute atomic E-state index is 0.0394. The quantitative estimate of drug-likeness (QED) is 0.0704. The molecule has 13 nitrogen and oxygen atoms in total. The van der Waals surface area contributed by atoms with Gasteiger partial charge in [-0.25, -0.2) is 4.79 Å². The van der Waals surface area contributed by atoms with Crippen LogP contribution in [0.25, 0.3) is 0 Å². The molecule has 2 N–H and O–H groups in total. The van der Waals surface area contributed by atoms with Gasteiger partial charge in [0.25, 0.3) is 9.70 Å². The molecule has 0 radical (unpaired) electrons. The molecule has 5 aliphatic heterocycles. The van der Waals surface area contributed by atoms with Gasteiger partial charge in [0.2, 0.25) is 8.32 Å². The van der Waals surface area contributed by atoms with Crippen LogP contribution in [0.1, 0.15) is 103 Å². The minimum atomic E-state index is -2.99. The number of carbonyl (C=O) groups is 2. The van der Waals surface area contributed by atoms with Crippen molar-refractivity contribution < 1.29 is 52.0 Å². The number of amides is 1. The fraction of sp³-hybridized carbons (Fsp3) is 0.930. The van der Waals surface area contributed by atoms with Crippen LogP contribution in [-0.4, -0.2) is 128 Å². The van der Waals surface area contributed by atoms with Crippen LogP contribution in [0, 0.1) is 22.7 Å². The summed E-state index contributed by atoms with van der Waals surface area (Å²) in [6.45, 7) is 32.0. The van der Waals surface area contributed by atoms with E-state index in [9.17, 15) is 14.7 Å². The predicted molar refractivity (Wildman–Crippen MR) is 246 cm³/mol. The van der Waals surface area contributed by atoms with Gasteiger partial charge in [0, 0.05) is 17.9 Å².